The molecule has 0 amide bonds. The van der Waals surface area contributed by atoms with Crippen LogP contribution in [0.1, 0.15) is 18.4 Å². The Morgan fingerprint density at radius 3 is 3.10 bits per heavy atom. The van der Waals surface area contributed by atoms with E-state index in [2.05, 4.69) is 9.97 Å². The molecule has 0 fully saturated rings. The Balaban J connectivity index is 2.91. The van der Waals surface area contributed by atoms with Gasteiger partial charge in [0.05, 0.1) is 6.20 Å². The molecule has 0 radical (unpaired) electrons. The summed E-state index contributed by atoms with van der Waals surface area (Å²) < 4.78 is 0. The monoisotopic (exact) mass is 133 g/mol. The van der Waals surface area contributed by atoms with Gasteiger partial charge in [0.1, 0.15) is 17.6 Å². The summed E-state index contributed by atoms with van der Waals surface area (Å²) in [4.78, 5) is 6.72. The summed E-state index contributed by atoms with van der Waals surface area (Å²) in [5.41, 5.74) is 0.494. The number of aromatic amines is 1. The Kier molecular flexibility index (Phi) is 1.86. The molecule has 3 heteroatoms. The van der Waals surface area contributed by atoms with Gasteiger partial charge in [-0.05, 0) is 13.0 Å². The van der Waals surface area contributed by atoms with Crippen LogP contribution in [0.25, 0.3) is 6.08 Å². The maximum absolute atomic E-state index is 8.37. The van der Waals surface area contributed by atoms with Crippen molar-refractivity contribution in [1.82, 2.24) is 9.97 Å². The van der Waals surface area contributed by atoms with E-state index in [0.29, 0.717) is 5.69 Å². The molecule has 1 N–H and O–H groups in total. The second-order valence-corrected chi connectivity index (χ2v) is 1.79. The van der Waals surface area contributed by atoms with E-state index in [0.717, 1.165) is 5.82 Å². The van der Waals surface area contributed by atoms with Crippen LogP contribution in [-0.2, 0) is 0 Å². The zero-order valence-electron chi connectivity index (χ0n) is 5.63. The fourth-order valence-electron chi connectivity index (χ4n) is 0.636. The van der Waals surface area contributed by atoms with Crippen LogP contribution in [0, 0.1) is 11.3 Å². The summed E-state index contributed by atoms with van der Waals surface area (Å²) in [6, 6.07) is 1.95. The van der Waals surface area contributed by atoms with Crippen molar-refractivity contribution in [3.63, 3.8) is 0 Å². The topological polar surface area (TPSA) is 52.5 Å². The predicted molar refractivity (Wildman–Crippen MR) is 38.0 cm³/mol. The van der Waals surface area contributed by atoms with E-state index >= 15 is 0 Å². The van der Waals surface area contributed by atoms with Gasteiger partial charge in [-0.3, -0.25) is 0 Å². The lowest BCUT2D eigenvalue weighted by Crippen LogP contribution is -1.73. The third kappa shape index (κ3) is 1.23. The second-order valence-electron chi connectivity index (χ2n) is 1.79. The van der Waals surface area contributed by atoms with Crippen LogP contribution >= 0.6 is 0 Å². The van der Waals surface area contributed by atoms with Crippen LogP contribution in [0.3, 0.4) is 0 Å². The Morgan fingerprint density at radius 1 is 1.80 bits per heavy atom. The standard InChI is InChI=1S/C7H7N3/c1-2-3-7-9-5-6(4-8)10-7/h2-3,5H,1H3,(H,9,10)/b3-2-. The summed E-state index contributed by atoms with van der Waals surface area (Å²) >= 11 is 0. The molecule has 1 heterocycles. The first kappa shape index (κ1) is 6.56. The number of nitrogens with one attached hydrogen (secondary N) is 1. The molecule has 0 aliphatic carbocycles. The van der Waals surface area contributed by atoms with E-state index in [9.17, 15) is 0 Å². The van der Waals surface area contributed by atoms with Crippen molar-refractivity contribution in [2.45, 2.75) is 6.92 Å². The van der Waals surface area contributed by atoms with Crippen molar-refractivity contribution in [1.29, 1.82) is 5.26 Å². The van der Waals surface area contributed by atoms with Gasteiger partial charge in [-0.1, -0.05) is 6.08 Å². The van der Waals surface area contributed by atoms with Crippen molar-refractivity contribution in [2.75, 3.05) is 0 Å². The summed E-state index contributed by atoms with van der Waals surface area (Å²) in [6.07, 6.45) is 5.18. The van der Waals surface area contributed by atoms with Crippen LogP contribution in [0.5, 0.6) is 0 Å². The van der Waals surface area contributed by atoms with Gasteiger partial charge in [0.25, 0.3) is 0 Å². The van der Waals surface area contributed by atoms with Crippen molar-refractivity contribution in [3.8, 4) is 6.07 Å². The number of aromatic nitrogens is 2. The Bertz CT molecular complexity index is 277. The number of hydrogen-bond donors (Lipinski definition) is 1. The van der Waals surface area contributed by atoms with Crippen LogP contribution in [0.15, 0.2) is 12.3 Å². The third-order valence-electron chi connectivity index (χ3n) is 1.04. The Hall–Kier alpha value is -1.56. The van der Waals surface area contributed by atoms with Gasteiger partial charge in [-0.2, -0.15) is 5.26 Å². The normalized spacial score (nSPS) is 10.0. The summed E-state index contributed by atoms with van der Waals surface area (Å²) in [6.45, 7) is 1.90. The van der Waals surface area contributed by atoms with Crippen molar-refractivity contribution < 1.29 is 0 Å². The highest BCUT2D eigenvalue weighted by molar-refractivity contribution is 5.40. The number of nitriles is 1. The molecular weight excluding hydrogens is 126 g/mol. The summed E-state index contributed by atoms with van der Waals surface area (Å²) in [5.74, 6) is 0.721. The lowest BCUT2D eigenvalue weighted by molar-refractivity contribution is 1.25. The van der Waals surface area contributed by atoms with E-state index in [1.807, 2.05) is 19.1 Å². The minimum atomic E-state index is 0.494. The largest absolute Gasteiger partial charge is 0.330 e. The van der Waals surface area contributed by atoms with Crippen molar-refractivity contribution in [2.24, 2.45) is 0 Å². The molecule has 0 aliphatic heterocycles. The smallest absolute Gasteiger partial charge is 0.137 e. The van der Waals surface area contributed by atoms with E-state index < -0.39 is 0 Å². The first-order chi connectivity index (χ1) is 4.86. The highest BCUT2D eigenvalue weighted by Gasteiger charge is 1.92. The lowest BCUT2D eigenvalue weighted by Gasteiger charge is -1.78. The molecule has 0 saturated carbocycles. The number of allylic oxidation sites excluding steroid dienone is 1. The lowest BCUT2D eigenvalue weighted by atomic mass is 10.5. The highest BCUT2D eigenvalue weighted by atomic mass is 14.9. The average Bonchev–Trinajstić information content (AvgIpc) is 2.37. The minimum absolute atomic E-state index is 0.494. The molecule has 0 saturated heterocycles. The molecule has 1 aromatic heterocycles. The van der Waals surface area contributed by atoms with E-state index in [4.69, 9.17) is 5.26 Å². The van der Waals surface area contributed by atoms with Gasteiger partial charge >= 0.3 is 0 Å². The fraction of sp³-hybridized carbons (Fsp3) is 0.143. The third-order valence-corrected chi connectivity index (χ3v) is 1.04. The van der Waals surface area contributed by atoms with E-state index in [1.165, 1.54) is 6.20 Å². The van der Waals surface area contributed by atoms with Gasteiger partial charge in [0.15, 0.2) is 0 Å². The zero-order chi connectivity index (χ0) is 7.40. The van der Waals surface area contributed by atoms with Gasteiger partial charge in [-0.15, -0.1) is 0 Å². The van der Waals surface area contributed by atoms with Crippen LogP contribution < -0.4 is 0 Å². The zero-order valence-corrected chi connectivity index (χ0v) is 5.63. The number of nitrogens with zero attached hydrogens (tertiary/aromatic N) is 2. The van der Waals surface area contributed by atoms with Crippen molar-refractivity contribution in [3.05, 3.63) is 23.8 Å². The van der Waals surface area contributed by atoms with Gasteiger partial charge in [0, 0.05) is 0 Å². The summed E-state index contributed by atoms with van der Waals surface area (Å²) in [7, 11) is 0. The van der Waals surface area contributed by atoms with Gasteiger partial charge in [-0.25, -0.2) is 4.98 Å². The van der Waals surface area contributed by atoms with Crippen LogP contribution in [-0.4, -0.2) is 9.97 Å². The highest BCUT2D eigenvalue weighted by Crippen LogP contribution is 1.96. The first-order valence-corrected chi connectivity index (χ1v) is 2.94. The van der Waals surface area contributed by atoms with Crippen molar-refractivity contribution >= 4 is 6.08 Å². The van der Waals surface area contributed by atoms with Gasteiger partial charge in [0.2, 0.25) is 0 Å². The predicted octanol–water partition coefficient (Wildman–Crippen LogP) is 1.31. The molecule has 10 heavy (non-hydrogen) atoms. The maximum Gasteiger partial charge on any atom is 0.137 e. The van der Waals surface area contributed by atoms with Crippen LogP contribution in [0.4, 0.5) is 0 Å². The van der Waals surface area contributed by atoms with E-state index in [-0.39, 0.29) is 0 Å². The molecule has 0 aromatic carbocycles. The number of hydrogen-bond acceptors (Lipinski definition) is 2. The summed E-state index contributed by atoms with van der Waals surface area (Å²) in [5, 5.41) is 8.37. The fourth-order valence-corrected chi connectivity index (χ4v) is 0.636. The molecule has 3 nitrogen and oxygen atoms in total. The van der Waals surface area contributed by atoms with E-state index in [1.54, 1.807) is 6.08 Å². The number of rotatable bonds is 1. The molecule has 50 valence electrons. The Morgan fingerprint density at radius 2 is 2.60 bits per heavy atom. The molecule has 0 spiro atoms. The molecule has 1 aromatic rings. The van der Waals surface area contributed by atoms with Gasteiger partial charge < -0.3 is 4.98 Å². The molecule has 0 atom stereocenters. The quantitative estimate of drug-likeness (QED) is 0.628. The molecule has 0 aliphatic rings. The molecule has 1 rings (SSSR count). The number of imidazole rings is 1. The minimum Gasteiger partial charge on any atom is -0.330 e. The SMILES string of the molecule is C/C=C\c1ncc(C#N)[nH]1. The molecule has 0 unspecified atom stereocenters. The average molecular weight is 133 g/mol. The number of H-pyrrole nitrogens is 1. The molecular formula is C7H7N3. The maximum atomic E-state index is 8.37. The van der Waals surface area contributed by atoms with Crippen LogP contribution in [0.2, 0.25) is 0 Å². The molecule has 0 bridgehead atoms. The second kappa shape index (κ2) is 2.83. The Labute approximate surface area is 59.0 Å². The first-order valence-electron chi connectivity index (χ1n) is 2.94.